The summed E-state index contributed by atoms with van der Waals surface area (Å²) < 4.78 is 10.3. The van der Waals surface area contributed by atoms with Crippen LogP contribution < -0.4 is 5.32 Å². The molecule has 0 bridgehead atoms. The van der Waals surface area contributed by atoms with Crippen LogP contribution in [0, 0.1) is 31.1 Å². The lowest BCUT2D eigenvalue weighted by molar-refractivity contribution is -0.153. The molecular weight excluding hydrogens is 390 g/mol. The summed E-state index contributed by atoms with van der Waals surface area (Å²) >= 11 is 1.32. The Hall–Kier alpha value is -1.89. The average molecular weight is 424 g/mol. The number of thiophene rings is 1. The molecule has 0 aromatic carbocycles. The fourth-order valence-corrected chi connectivity index (χ4v) is 4.84. The van der Waals surface area contributed by atoms with Gasteiger partial charge in [0, 0.05) is 4.88 Å². The molecule has 1 aliphatic carbocycles. The zero-order valence-corrected chi connectivity index (χ0v) is 19.2. The first-order valence-corrected chi connectivity index (χ1v) is 11.1. The Bertz CT molecular complexity index is 754. The highest BCUT2D eigenvalue weighted by Gasteiger charge is 2.33. The van der Waals surface area contributed by atoms with E-state index in [4.69, 9.17) is 9.47 Å². The molecule has 7 heteroatoms. The van der Waals surface area contributed by atoms with Gasteiger partial charge in [-0.1, -0.05) is 20.8 Å². The van der Waals surface area contributed by atoms with Crippen molar-refractivity contribution in [3.05, 3.63) is 16.0 Å². The van der Waals surface area contributed by atoms with Crippen LogP contribution in [0.5, 0.6) is 0 Å². The van der Waals surface area contributed by atoms with Crippen molar-refractivity contribution in [1.29, 1.82) is 0 Å². The topological polar surface area (TPSA) is 81.7 Å². The largest absolute Gasteiger partial charge is 0.462 e. The third kappa shape index (κ3) is 6.04. The number of hydrogen-bond donors (Lipinski definition) is 1. The molecule has 1 fully saturated rings. The van der Waals surface area contributed by atoms with Gasteiger partial charge in [0.15, 0.2) is 6.61 Å². The van der Waals surface area contributed by atoms with Gasteiger partial charge in [0.2, 0.25) is 0 Å². The monoisotopic (exact) mass is 423 g/mol. The predicted molar refractivity (Wildman–Crippen MR) is 114 cm³/mol. The summed E-state index contributed by atoms with van der Waals surface area (Å²) in [6, 6.07) is 0. The van der Waals surface area contributed by atoms with Crippen molar-refractivity contribution in [3.8, 4) is 0 Å². The van der Waals surface area contributed by atoms with Crippen molar-refractivity contribution in [2.24, 2.45) is 17.3 Å². The molecule has 162 valence electrons. The summed E-state index contributed by atoms with van der Waals surface area (Å²) in [5.74, 6) is -0.744. The molecule has 1 aromatic rings. The number of amides is 1. The number of carbonyl (C=O) groups excluding carboxylic acids is 3. The summed E-state index contributed by atoms with van der Waals surface area (Å²) in [5, 5.41) is 3.13. The second kappa shape index (κ2) is 9.74. The van der Waals surface area contributed by atoms with Gasteiger partial charge in [-0.25, -0.2) is 4.79 Å². The zero-order chi connectivity index (χ0) is 21.8. The molecule has 29 heavy (non-hydrogen) atoms. The first-order chi connectivity index (χ1) is 13.5. The fourth-order valence-electron chi connectivity index (χ4n) is 3.78. The molecule has 0 unspecified atom stereocenters. The quantitative estimate of drug-likeness (QED) is 0.660. The molecule has 0 radical (unpaired) electrons. The molecule has 1 N–H and O–H groups in total. The molecule has 0 spiro atoms. The van der Waals surface area contributed by atoms with Crippen LogP contribution in [0.1, 0.15) is 74.2 Å². The molecule has 6 nitrogen and oxygen atoms in total. The molecule has 1 heterocycles. The second-order valence-corrected chi connectivity index (χ2v) is 10.0. The van der Waals surface area contributed by atoms with E-state index in [1.807, 2.05) is 13.8 Å². The molecule has 0 saturated heterocycles. The summed E-state index contributed by atoms with van der Waals surface area (Å²) in [7, 11) is 0. The number of aryl methyl sites for hydroxylation is 1. The van der Waals surface area contributed by atoms with E-state index in [9.17, 15) is 14.4 Å². The molecule has 1 aliphatic rings. The summed E-state index contributed by atoms with van der Waals surface area (Å²) in [5.41, 5.74) is 1.41. The smallest absolute Gasteiger partial charge is 0.341 e. The number of carbonyl (C=O) groups is 3. The number of nitrogens with one attached hydrogen (secondary N) is 1. The Labute approximate surface area is 177 Å². The number of anilines is 1. The highest BCUT2D eigenvalue weighted by molar-refractivity contribution is 7.16. The van der Waals surface area contributed by atoms with Crippen LogP contribution in [0.25, 0.3) is 0 Å². The lowest BCUT2D eigenvalue weighted by atomic mass is 9.70. The van der Waals surface area contributed by atoms with E-state index in [-0.39, 0.29) is 30.5 Å². The van der Waals surface area contributed by atoms with Crippen LogP contribution in [-0.4, -0.2) is 31.1 Å². The van der Waals surface area contributed by atoms with E-state index >= 15 is 0 Å². The number of ether oxygens (including phenoxy) is 2. The molecule has 0 aliphatic heterocycles. The number of hydrogen-bond acceptors (Lipinski definition) is 6. The van der Waals surface area contributed by atoms with Crippen LogP contribution in [0.15, 0.2) is 0 Å². The molecule has 1 saturated carbocycles. The standard InChI is InChI=1S/C22H33NO5S/c1-7-27-21(26)18-13(2)14(3)29-19(18)23-17(24)12-28-20(25)15-8-10-16(11-9-15)22(4,5)6/h15-16H,7-12H2,1-6H3,(H,23,24). The van der Waals surface area contributed by atoms with Crippen molar-refractivity contribution >= 4 is 34.2 Å². The van der Waals surface area contributed by atoms with Crippen molar-refractivity contribution in [2.75, 3.05) is 18.5 Å². The SMILES string of the molecule is CCOC(=O)c1c(NC(=O)COC(=O)C2CCC(C(C)(C)C)CC2)sc(C)c1C. The number of rotatable bonds is 6. The van der Waals surface area contributed by atoms with Crippen molar-refractivity contribution in [2.45, 2.75) is 67.2 Å². The van der Waals surface area contributed by atoms with Gasteiger partial charge in [0.05, 0.1) is 18.1 Å². The van der Waals surface area contributed by atoms with Crippen LogP contribution in [0.2, 0.25) is 0 Å². The van der Waals surface area contributed by atoms with Gasteiger partial charge in [-0.05, 0) is 63.4 Å². The van der Waals surface area contributed by atoms with Crippen LogP contribution in [0.3, 0.4) is 0 Å². The minimum absolute atomic E-state index is 0.136. The summed E-state index contributed by atoms with van der Waals surface area (Å²) in [4.78, 5) is 37.8. The first-order valence-electron chi connectivity index (χ1n) is 10.3. The normalized spacial score (nSPS) is 19.5. The van der Waals surface area contributed by atoms with Gasteiger partial charge in [0.1, 0.15) is 5.00 Å². The van der Waals surface area contributed by atoms with E-state index < -0.39 is 11.9 Å². The van der Waals surface area contributed by atoms with E-state index in [0.717, 1.165) is 36.1 Å². The highest BCUT2D eigenvalue weighted by Crippen LogP contribution is 2.40. The third-order valence-corrected chi connectivity index (χ3v) is 6.87. The predicted octanol–water partition coefficient (Wildman–Crippen LogP) is 4.88. The van der Waals surface area contributed by atoms with Crippen LogP contribution in [-0.2, 0) is 19.1 Å². The number of esters is 2. The van der Waals surface area contributed by atoms with Gasteiger partial charge in [-0.3, -0.25) is 9.59 Å². The lowest BCUT2D eigenvalue weighted by Gasteiger charge is -2.36. The Kier molecular flexibility index (Phi) is 7.86. The van der Waals surface area contributed by atoms with E-state index in [2.05, 4.69) is 26.1 Å². The average Bonchev–Trinajstić information content (AvgIpc) is 2.92. The van der Waals surface area contributed by atoms with Crippen molar-refractivity contribution in [1.82, 2.24) is 0 Å². The molecule has 0 atom stereocenters. The van der Waals surface area contributed by atoms with Crippen LogP contribution in [0.4, 0.5) is 5.00 Å². The van der Waals surface area contributed by atoms with Crippen molar-refractivity contribution < 1.29 is 23.9 Å². The minimum atomic E-state index is -0.461. The minimum Gasteiger partial charge on any atom is -0.462 e. The van der Waals surface area contributed by atoms with Gasteiger partial charge in [-0.2, -0.15) is 0 Å². The zero-order valence-electron chi connectivity index (χ0n) is 18.3. The van der Waals surface area contributed by atoms with Gasteiger partial charge >= 0.3 is 11.9 Å². The highest BCUT2D eigenvalue weighted by atomic mass is 32.1. The molecule has 2 rings (SSSR count). The molecule has 1 amide bonds. The summed E-state index contributed by atoms with van der Waals surface area (Å²) in [6.07, 6.45) is 3.62. The van der Waals surface area contributed by atoms with Crippen molar-refractivity contribution in [3.63, 3.8) is 0 Å². The Morgan fingerprint density at radius 2 is 1.69 bits per heavy atom. The van der Waals surface area contributed by atoms with Gasteiger partial charge < -0.3 is 14.8 Å². The lowest BCUT2D eigenvalue weighted by Crippen LogP contribution is -2.31. The van der Waals surface area contributed by atoms with E-state index in [0.29, 0.717) is 16.5 Å². The van der Waals surface area contributed by atoms with Crippen LogP contribution >= 0.6 is 11.3 Å². The van der Waals surface area contributed by atoms with E-state index in [1.54, 1.807) is 6.92 Å². The van der Waals surface area contributed by atoms with Gasteiger partial charge in [0.25, 0.3) is 5.91 Å². The van der Waals surface area contributed by atoms with E-state index in [1.165, 1.54) is 11.3 Å². The van der Waals surface area contributed by atoms with Gasteiger partial charge in [-0.15, -0.1) is 11.3 Å². The molecule has 1 aromatic heterocycles. The Morgan fingerprint density at radius 3 is 2.24 bits per heavy atom. The third-order valence-electron chi connectivity index (χ3n) is 5.75. The second-order valence-electron chi connectivity index (χ2n) is 8.78. The fraction of sp³-hybridized carbons (Fsp3) is 0.682. The maximum Gasteiger partial charge on any atom is 0.341 e. The first kappa shape index (κ1) is 23.4. The molecular formula is C22H33NO5S. The maximum atomic E-state index is 12.4. The Morgan fingerprint density at radius 1 is 1.07 bits per heavy atom. The maximum absolute atomic E-state index is 12.4. The Balaban J connectivity index is 1.89. The summed E-state index contributed by atoms with van der Waals surface area (Å²) in [6.45, 7) is 12.1.